The molecule has 0 aliphatic rings. The summed E-state index contributed by atoms with van der Waals surface area (Å²) >= 11 is 3.46. The minimum Gasteiger partial charge on any atom is -0.394 e. The van der Waals surface area contributed by atoms with E-state index in [1.54, 1.807) is 12.5 Å². The van der Waals surface area contributed by atoms with E-state index in [1.807, 2.05) is 29.7 Å². The first-order valence-electron chi connectivity index (χ1n) is 5.28. The van der Waals surface area contributed by atoms with E-state index >= 15 is 0 Å². The molecule has 4 nitrogen and oxygen atoms in total. The van der Waals surface area contributed by atoms with Crippen molar-refractivity contribution < 1.29 is 5.11 Å². The lowest BCUT2D eigenvalue weighted by Gasteiger charge is -2.13. The highest BCUT2D eigenvalue weighted by Gasteiger charge is 2.12. The fourth-order valence-electron chi connectivity index (χ4n) is 1.75. The average molecular weight is 296 g/mol. The zero-order chi connectivity index (χ0) is 12.4. The van der Waals surface area contributed by atoms with Gasteiger partial charge in [-0.05, 0) is 30.7 Å². The molecular formula is C12H14BrN3O. The molecule has 0 spiro atoms. The first-order valence-corrected chi connectivity index (χ1v) is 6.07. The van der Waals surface area contributed by atoms with Crippen molar-refractivity contribution in [3.05, 3.63) is 46.5 Å². The number of imidazole rings is 1. The summed E-state index contributed by atoms with van der Waals surface area (Å²) in [4.78, 5) is 4.08. The average Bonchev–Trinajstić information content (AvgIpc) is 2.75. The van der Waals surface area contributed by atoms with Gasteiger partial charge in [-0.25, -0.2) is 4.98 Å². The van der Waals surface area contributed by atoms with E-state index in [9.17, 15) is 0 Å². The number of nitrogens with two attached hydrogens (primary N) is 1. The maximum Gasteiger partial charge on any atom is 0.0994 e. The number of halogens is 1. The molecule has 1 heterocycles. The molecule has 0 saturated carbocycles. The summed E-state index contributed by atoms with van der Waals surface area (Å²) in [6.07, 6.45) is 3.38. The van der Waals surface area contributed by atoms with Gasteiger partial charge in [0.25, 0.3) is 0 Å². The van der Waals surface area contributed by atoms with Crippen LogP contribution in [-0.2, 0) is 0 Å². The molecule has 0 aliphatic carbocycles. The van der Waals surface area contributed by atoms with Crippen molar-refractivity contribution in [2.24, 2.45) is 5.73 Å². The third-order valence-corrected chi connectivity index (χ3v) is 3.01. The predicted molar refractivity (Wildman–Crippen MR) is 70.0 cm³/mol. The van der Waals surface area contributed by atoms with Gasteiger partial charge in [-0.1, -0.05) is 15.9 Å². The van der Waals surface area contributed by atoms with Crippen LogP contribution in [0.1, 0.15) is 17.3 Å². The Balaban J connectivity index is 2.49. The Labute approximate surface area is 108 Å². The van der Waals surface area contributed by atoms with E-state index < -0.39 is 6.04 Å². The first kappa shape index (κ1) is 12.3. The van der Waals surface area contributed by atoms with Gasteiger partial charge in [0, 0.05) is 10.2 Å². The van der Waals surface area contributed by atoms with Crippen LogP contribution in [0.3, 0.4) is 0 Å². The van der Waals surface area contributed by atoms with Gasteiger partial charge < -0.3 is 15.4 Å². The Kier molecular flexibility index (Phi) is 3.61. The monoisotopic (exact) mass is 295 g/mol. The summed E-state index contributed by atoms with van der Waals surface area (Å²) in [6, 6.07) is 5.64. The van der Waals surface area contributed by atoms with Crippen LogP contribution in [0.5, 0.6) is 0 Å². The molecule has 0 saturated heterocycles. The van der Waals surface area contributed by atoms with Crippen LogP contribution in [0.2, 0.25) is 0 Å². The second kappa shape index (κ2) is 5.00. The molecule has 2 rings (SSSR count). The third kappa shape index (κ3) is 2.57. The maximum atomic E-state index is 9.11. The van der Waals surface area contributed by atoms with E-state index in [0.29, 0.717) is 0 Å². The molecule has 1 aromatic carbocycles. The van der Waals surface area contributed by atoms with Crippen LogP contribution >= 0.6 is 15.9 Å². The van der Waals surface area contributed by atoms with E-state index in [1.165, 1.54) is 0 Å². The van der Waals surface area contributed by atoms with E-state index in [2.05, 4.69) is 20.9 Å². The normalized spacial score (nSPS) is 12.7. The van der Waals surface area contributed by atoms with Crippen molar-refractivity contribution in [3.8, 4) is 5.69 Å². The largest absolute Gasteiger partial charge is 0.394 e. The van der Waals surface area contributed by atoms with Gasteiger partial charge in [0.05, 0.1) is 30.9 Å². The lowest BCUT2D eigenvalue weighted by atomic mass is 10.2. The molecule has 1 aromatic heterocycles. The number of rotatable bonds is 3. The van der Waals surface area contributed by atoms with Crippen LogP contribution in [0, 0.1) is 6.92 Å². The number of nitrogens with zero attached hydrogens (tertiary/aromatic N) is 2. The van der Waals surface area contributed by atoms with Crippen molar-refractivity contribution in [1.29, 1.82) is 0 Å². The Morgan fingerprint density at radius 2 is 2.24 bits per heavy atom. The van der Waals surface area contributed by atoms with Crippen LogP contribution in [-0.4, -0.2) is 21.3 Å². The van der Waals surface area contributed by atoms with Crippen molar-refractivity contribution in [2.45, 2.75) is 13.0 Å². The second-order valence-corrected chi connectivity index (χ2v) is 4.88. The third-order valence-electron chi connectivity index (χ3n) is 2.55. The smallest absolute Gasteiger partial charge is 0.0994 e. The van der Waals surface area contributed by atoms with Gasteiger partial charge in [0.2, 0.25) is 0 Å². The van der Waals surface area contributed by atoms with E-state index in [-0.39, 0.29) is 6.61 Å². The van der Waals surface area contributed by atoms with Gasteiger partial charge in [-0.15, -0.1) is 0 Å². The molecule has 0 radical (unpaired) electrons. The highest BCUT2D eigenvalue weighted by Crippen LogP contribution is 2.21. The molecule has 0 aliphatic heterocycles. The second-order valence-electron chi connectivity index (χ2n) is 3.96. The summed E-state index contributed by atoms with van der Waals surface area (Å²) in [5, 5.41) is 9.11. The van der Waals surface area contributed by atoms with Crippen molar-refractivity contribution in [3.63, 3.8) is 0 Å². The van der Waals surface area contributed by atoms with E-state index in [0.717, 1.165) is 21.4 Å². The molecule has 0 amide bonds. The van der Waals surface area contributed by atoms with Gasteiger partial charge >= 0.3 is 0 Å². The Morgan fingerprint density at radius 3 is 2.88 bits per heavy atom. The highest BCUT2D eigenvalue weighted by molar-refractivity contribution is 9.10. The highest BCUT2D eigenvalue weighted by atomic mass is 79.9. The van der Waals surface area contributed by atoms with Gasteiger partial charge in [-0.3, -0.25) is 0 Å². The number of aliphatic hydroxyl groups excluding tert-OH is 1. The summed E-state index contributed by atoms with van der Waals surface area (Å²) in [7, 11) is 0. The molecule has 90 valence electrons. The summed E-state index contributed by atoms with van der Waals surface area (Å²) < 4.78 is 2.89. The van der Waals surface area contributed by atoms with Crippen LogP contribution in [0.15, 0.2) is 35.2 Å². The minimum atomic E-state index is -0.420. The SMILES string of the molecule is Cc1cc(Br)cc(-n2cncc2C(N)CO)c1. The lowest BCUT2D eigenvalue weighted by Crippen LogP contribution is -2.18. The summed E-state index contributed by atoms with van der Waals surface area (Å²) in [5.74, 6) is 0. The predicted octanol–water partition coefficient (Wildman–Crippen LogP) is 1.94. The lowest BCUT2D eigenvalue weighted by molar-refractivity contribution is 0.265. The fraction of sp³-hybridized carbons (Fsp3) is 0.250. The number of hydrogen-bond acceptors (Lipinski definition) is 3. The molecule has 1 unspecified atom stereocenters. The molecule has 5 heteroatoms. The fourth-order valence-corrected chi connectivity index (χ4v) is 2.34. The molecule has 2 aromatic rings. The molecule has 1 atom stereocenters. The molecule has 0 bridgehead atoms. The molecule has 0 fully saturated rings. The zero-order valence-electron chi connectivity index (χ0n) is 9.47. The van der Waals surface area contributed by atoms with Gasteiger partial charge in [0.15, 0.2) is 0 Å². The Morgan fingerprint density at radius 1 is 1.47 bits per heavy atom. The zero-order valence-corrected chi connectivity index (χ0v) is 11.1. The number of aromatic nitrogens is 2. The first-order chi connectivity index (χ1) is 8.11. The number of benzene rings is 1. The molecule has 17 heavy (non-hydrogen) atoms. The van der Waals surface area contributed by atoms with Crippen LogP contribution in [0.25, 0.3) is 5.69 Å². The topological polar surface area (TPSA) is 64.1 Å². The number of aliphatic hydroxyl groups is 1. The Bertz CT molecular complexity index is 504. The van der Waals surface area contributed by atoms with E-state index in [4.69, 9.17) is 10.8 Å². The molecular weight excluding hydrogens is 282 g/mol. The van der Waals surface area contributed by atoms with Crippen molar-refractivity contribution in [1.82, 2.24) is 9.55 Å². The molecule has 3 N–H and O–H groups in total. The van der Waals surface area contributed by atoms with Crippen molar-refractivity contribution >= 4 is 15.9 Å². The van der Waals surface area contributed by atoms with Gasteiger partial charge in [-0.2, -0.15) is 0 Å². The number of aryl methyl sites for hydroxylation is 1. The number of hydrogen-bond donors (Lipinski definition) is 2. The summed E-state index contributed by atoms with van der Waals surface area (Å²) in [5.41, 5.74) is 8.75. The maximum absolute atomic E-state index is 9.11. The summed E-state index contributed by atoms with van der Waals surface area (Å²) in [6.45, 7) is 1.93. The van der Waals surface area contributed by atoms with Gasteiger partial charge in [0.1, 0.15) is 0 Å². The minimum absolute atomic E-state index is 0.0985. The quantitative estimate of drug-likeness (QED) is 0.909. The standard InChI is InChI=1S/C12H14BrN3O/c1-8-2-9(13)4-10(3-8)16-7-15-5-12(16)11(14)6-17/h2-5,7,11,17H,6,14H2,1H3. The Hall–Kier alpha value is -1.17. The van der Waals surface area contributed by atoms with Crippen LogP contribution in [0.4, 0.5) is 0 Å². The van der Waals surface area contributed by atoms with Crippen molar-refractivity contribution in [2.75, 3.05) is 6.61 Å². The van der Waals surface area contributed by atoms with Crippen LogP contribution < -0.4 is 5.73 Å².